The Morgan fingerprint density at radius 1 is 1.20 bits per heavy atom. The average molecular weight is 423 g/mol. The fourth-order valence-corrected chi connectivity index (χ4v) is 5.01. The highest BCUT2D eigenvalue weighted by Gasteiger charge is 2.34. The molecule has 0 spiro atoms. The number of fused-ring (bicyclic) bond motifs is 1. The Hall–Kier alpha value is -3.32. The Kier molecular flexibility index (Phi) is 5.46. The maximum Gasteiger partial charge on any atom is 0.346 e. The molecular weight excluding hydrogens is 402 g/mol. The van der Waals surface area contributed by atoms with E-state index in [1.807, 2.05) is 55.5 Å². The summed E-state index contributed by atoms with van der Waals surface area (Å²) in [6, 6.07) is 14.9. The first kappa shape index (κ1) is 20.0. The summed E-state index contributed by atoms with van der Waals surface area (Å²) in [6.45, 7) is 2.41. The van der Waals surface area contributed by atoms with Crippen molar-refractivity contribution in [2.24, 2.45) is 0 Å². The molecule has 1 unspecified atom stereocenters. The zero-order chi connectivity index (χ0) is 21.3. The Balaban J connectivity index is 1.87. The number of aromatic carboxylic acids is 1. The second-order valence-electron chi connectivity index (χ2n) is 6.86. The minimum atomic E-state index is -1.01. The number of nitrogens with one attached hydrogen (secondary N) is 1. The van der Waals surface area contributed by atoms with E-state index in [-0.39, 0.29) is 23.1 Å². The molecule has 2 heterocycles. The predicted octanol–water partition coefficient (Wildman–Crippen LogP) is 4.99. The quantitative estimate of drug-likeness (QED) is 0.583. The van der Waals surface area contributed by atoms with E-state index >= 15 is 0 Å². The largest absolute Gasteiger partial charge is 0.493 e. The number of rotatable bonds is 6. The summed E-state index contributed by atoms with van der Waals surface area (Å²) in [5, 5.41) is 12.8. The highest BCUT2D eigenvalue weighted by molar-refractivity contribution is 7.15. The molecule has 0 saturated carbocycles. The van der Waals surface area contributed by atoms with Crippen LogP contribution < -0.4 is 14.8 Å². The minimum Gasteiger partial charge on any atom is -0.493 e. The van der Waals surface area contributed by atoms with Gasteiger partial charge in [-0.25, -0.2) is 4.79 Å². The Bertz CT molecular complexity index is 1110. The van der Waals surface area contributed by atoms with E-state index in [0.29, 0.717) is 29.4 Å². The number of anilines is 1. The van der Waals surface area contributed by atoms with E-state index in [4.69, 9.17) is 9.47 Å². The molecule has 7 heteroatoms. The average Bonchev–Trinajstić information content (AvgIpc) is 3.14. The van der Waals surface area contributed by atoms with Gasteiger partial charge in [0.15, 0.2) is 11.5 Å². The summed E-state index contributed by atoms with van der Waals surface area (Å²) in [4.78, 5) is 25.7. The standard InChI is InChI=1S/C23H21NO5S/c1-3-29-16-10-9-14(11-17(16)28-2)15-12-18(25)24-20-19(13-7-5-4-6-8-13)22(23(26)27)30-21(15)20/h4-11,15H,3,12H2,1-2H3,(H,24,25)(H,26,27). The topological polar surface area (TPSA) is 84.9 Å². The highest BCUT2D eigenvalue weighted by atomic mass is 32.1. The van der Waals surface area contributed by atoms with Crippen LogP contribution >= 0.6 is 11.3 Å². The number of carboxylic acids is 1. The van der Waals surface area contributed by atoms with Gasteiger partial charge in [0.05, 0.1) is 19.4 Å². The number of methoxy groups -OCH3 is 1. The second kappa shape index (κ2) is 8.20. The lowest BCUT2D eigenvalue weighted by Crippen LogP contribution is -2.22. The Labute approximate surface area is 178 Å². The van der Waals surface area contributed by atoms with E-state index in [1.54, 1.807) is 7.11 Å². The van der Waals surface area contributed by atoms with Crippen molar-refractivity contribution in [3.8, 4) is 22.6 Å². The lowest BCUT2D eigenvalue weighted by atomic mass is 9.88. The van der Waals surface area contributed by atoms with Crippen LogP contribution in [0, 0.1) is 0 Å². The molecule has 0 saturated heterocycles. The van der Waals surface area contributed by atoms with Gasteiger partial charge in [-0.3, -0.25) is 4.79 Å². The van der Waals surface area contributed by atoms with E-state index in [1.165, 1.54) is 11.3 Å². The predicted molar refractivity (Wildman–Crippen MR) is 116 cm³/mol. The lowest BCUT2D eigenvalue weighted by Gasteiger charge is -2.24. The van der Waals surface area contributed by atoms with Crippen molar-refractivity contribution >= 4 is 28.9 Å². The van der Waals surface area contributed by atoms with Crippen LogP contribution in [0.2, 0.25) is 0 Å². The van der Waals surface area contributed by atoms with Crippen LogP contribution in [-0.4, -0.2) is 30.7 Å². The van der Waals surface area contributed by atoms with Crippen molar-refractivity contribution in [1.82, 2.24) is 0 Å². The molecule has 2 aromatic carbocycles. The number of amides is 1. The summed E-state index contributed by atoms with van der Waals surface area (Å²) < 4.78 is 11.1. The first-order valence-electron chi connectivity index (χ1n) is 9.59. The van der Waals surface area contributed by atoms with Gasteiger partial charge in [0.1, 0.15) is 4.88 Å². The number of hydrogen-bond donors (Lipinski definition) is 2. The van der Waals surface area contributed by atoms with Crippen LogP contribution in [0.3, 0.4) is 0 Å². The summed E-state index contributed by atoms with van der Waals surface area (Å²) in [6.07, 6.45) is 0.234. The number of carbonyl (C=O) groups excluding carboxylic acids is 1. The number of carboxylic acid groups (broad SMARTS) is 1. The van der Waals surface area contributed by atoms with Gasteiger partial charge in [-0.05, 0) is 30.2 Å². The van der Waals surface area contributed by atoms with E-state index < -0.39 is 5.97 Å². The van der Waals surface area contributed by atoms with Crippen LogP contribution in [0.15, 0.2) is 48.5 Å². The molecule has 154 valence electrons. The molecule has 1 aliphatic heterocycles. The molecule has 4 rings (SSSR count). The fourth-order valence-electron chi connectivity index (χ4n) is 3.76. The molecule has 6 nitrogen and oxygen atoms in total. The van der Waals surface area contributed by atoms with Crippen LogP contribution in [0.5, 0.6) is 11.5 Å². The number of hydrogen-bond acceptors (Lipinski definition) is 5. The van der Waals surface area contributed by atoms with Crippen LogP contribution in [0.1, 0.15) is 39.4 Å². The van der Waals surface area contributed by atoms with Crippen molar-refractivity contribution in [1.29, 1.82) is 0 Å². The van der Waals surface area contributed by atoms with Gasteiger partial charge in [0.2, 0.25) is 5.91 Å². The van der Waals surface area contributed by atoms with Crippen LogP contribution in [0.25, 0.3) is 11.1 Å². The van der Waals surface area contributed by atoms with Gasteiger partial charge in [0, 0.05) is 22.8 Å². The summed E-state index contributed by atoms with van der Waals surface area (Å²) in [7, 11) is 1.57. The third kappa shape index (κ3) is 3.52. The molecule has 1 amide bonds. The SMILES string of the molecule is CCOc1ccc(C2CC(=O)Nc3c2sc(C(=O)O)c3-c2ccccc2)cc1OC. The number of benzene rings is 2. The van der Waals surface area contributed by atoms with Crippen molar-refractivity contribution in [2.45, 2.75) is 19.3 Å². The minimum absolute atomic E-state index is 0.146. The van der Waals surface area contributed by atoms with Crippen molar-refractivity contribution in [3.05, 3.63) is 63.8 Å². The summed E-state index contributed by atoms with van der Waals surface area (Å²) in [5.74, 6) is -0.205. The molecule has 0 bridgehead atoms. The maximum absolute atomic E-state index is 12.6. The van der Waals surface area contributed by atoms with Gasteiger partial charge in [0.25, 0.3) is 0 Å². The van der Waals surface area contributed by atoms with Gasteiger partial charge >= 0.3 is 5.97 Å². The van der Waals surface area contributed by atoms with Crippen molar-refractivity contribution in [2.75, 3.05) is 19.0 Å². The molecule has 1 atom stereocenters. The first-order valence-corrected chi connectivity index (χ1v) is 10.4. The van der Waals surface area contributed by atoms with E-state index in [2.05, 4.69) is 5.32 Å². The van der Waals surface area contributed by atoms with Crippen molar-refractivity contribution < 1.29 is 24.2 Å². The van der Waals surface area contributed by atoms with Crippen LogP contribution in [-0.2, 0) is 4.79 Å². The third-order valence-electron chi connectivity index (χ3n) is 5.05. The zero-order valence-corrected chi connectivity index (χ0v) is 17.4. The molecule has 3 aromatic rings. The fraction of sp³-hybridized carbons (Fsp3) is 0.217. The molecule has 1 aromatic heterocycles. The Morgan fingerprint density at radius 3 is 2.63 bits per heavy atom. The molecule has 0 radical (unpaired) electrons. The lowest BCUT2D eigenvalue weighted by molar-refractivity contribution is -0.116. The van der Waals surface area contributed by atoms with Gasteiger partial charge in [-0.2, -0.15) is 0 Å². The maximum atomic E-state index is 12.6. The number of ether oxygens (including phenoxy) is 2. The van der Waals surface area contributed by atoms with Gasteiger partial charge in [-0.15, -0.1) is 11.3 Å². The second-order valence-corrected chi connectivity index (χ2v) is 7.92. The Morgan fingerprint density at radius 2 is 1.97 bits per heavy atom. The van der Waals surface area contributed by atoms with E-state index in [0.717, 1.165) is 16.0 Å². The molecule has 2 N–H and O–H groups in total. The smallest absolute Gasteiger partial charge is 0.346 e. The number of carbonyl (C=O) groups is 2. The first-order chi connectivity index (χ1) is 14.5. The molecule has 0 fully saturated rings. The molecule has 1 aliphatic rings. The normalized spacial score (nSPS) is 15.3. The van der Waals surface area contributed by atoms with Gasteiger partial charge < -0.3 is 19.9 Å². The van der Waals surface area contributed by atoms with Crippen molar-refractivity contribution in [3.63, 3.8) is 0 Å². The third-order valence-corrected chi connectivity index (χ3v) is 6.34. The van der Waals surface area contributed by atoms with Crippen LogP contribution in [0.4, 0.5) is 5.69 Å². The monoisotopic (exact) mass is 423 g/mol. The molecule has 0 aliphatic carbocycles. The number of thiophene rings is 1. The van der Waals surface area contributed by atoms with Gasteiger partial charge in [-0.1, -0.05) is 36.4 Å². The molecule has 30 heavy (non-hydrogen) atoms. The summed E-state index contributed by atoms with van der Waals surface area (Å²) in [5.41, 5.74) is 2.78. The highest BCUT2D eigenvalue weighted by Crippen LogP contribution is 2.50. The van der Waals surface area contributed by atoms with E-state index in [9.17, 15) is 14.7 Å². The summed E-state index contributed by atoms with van der Waals surface area (Å²) >= 11 is 1.21. The zero-order valence-electron chi connectivity index (χ0n) is 16.6. The molecular formula is C23H21NO5S.